The molecule has 0 aliphatic rings. The number of aliphatic hydroxyl groups is 1. The minimum absolute atomic E-state index is 0.0271. The number of nitrogens with one attached hydrogen (secondary N) is 1. The van der Waals surface area contributed by atoms with E-state index in [4.69, 9.17) is 11.6 Å². The van der Waals surface area contributed by atoms with Crippen LogP contribution in [0.1, 0.15) is 42.4 Å². The second kappa shape index (κ2) is 11.6. The van der Waals surface area contributed by atoms with Gasteiger partial charge < -0.3 is 14.8 Å². The molecule has 1 heterocycles. The molecule has 0 unspecified atom stereocenters. The predicted molar refractivity (Wildman–Crippen MR) is 129 cm³/mol. The largest absolute Gasteiger partial charge is 0.480 e. The Bertz CT molecular complexity index is 1210. The first-order chi connectivity index (χ1) is 16.2. The molecule has 0 aliphatic carbocycles. The van der Waals surface area contributed by atoms with Crippen LogP contribution < -0.4 is 4.72 Å². The third kappa shape index (κ3) is 6.44. The number of hydrogen-bond donors (Lipinski definition) is 3. The van der Waals surface area contributed by atoms with Gasteiger partial charge in [-0.05, 0) is 36.1 Å². The van der Waals surface area contributed by atoms with E-state index < -0.39 is 22.0 Å². The molecule has 2 aromatic carbocycles. The van der Waals surface area contributed by atoms with Gasteiger partial charge in [0, 0.05) is 13.0 Å². The van der Waals surface area contributed by atoms with Crippen molar-refractivity contribution >= 4 is 27.6 Å². The van der Waals surface area contributed by atoms with Gasteiger partial charge in [0.25, 0.3) is 0 Å². The van der Waals surface area contributed by atoms with Gasteiger partial charge in [-0.1, -0.05) is 67.4 Å². The molecular weight excluding hydrogens is 478 g/mol. The molecular formula is C24H28ClN3O5S. The number of carbonyl (C=O) groups is 1. The second-order valence-electron chi connectivity index (χ2n) is 7.96. The average molecular weight is 506 g/mol. The summed E-state index contributed by atoms with van der Waals surface area (Å²) in [5.41, 5.74) is 2.02. The van der Waals surface area contributed by atoms with Crippen molar-refractivity contribution in [1.82, 2.24) is 14.3 Å². The van der Waals surface area contributed by atoms with Gasteiger partial charge >= 0.3 is 5.97 Å². The maximum Gasteiger partial charge on any atom is 0.322 e. The third-order valence-electron chi connectivity index (χ3n) is 5.46. The number of aliphatic hydroxyl groups excluding tert-OH is 1. The monoisotopic (exact) mass is 505 g/mol. The van der Waals surface area contributed by atoms with Gasteiger partial charge in [-0.15, -0.1) is 0 Å². The first kappa shape index (κ1) is 25.9. The standard InChI is InChI=1S/C24H28ClN3O5S/c1-2-3-9-22-26-23(25)21(16-29)28(22)15-18-10-12-19(13-11-18)34(32,33)27-20(24(30)31)14-17-7-5-4-6-8-17/h4-8,10-13,20,27,29H,2-3,9,14-16H2,1H3,(H,30,31)/t20-/m0/s1. The Morgan fingerprint density at radius 1 is 1.12 bits per heavy atom. The molecule has 182 valence electrons. The van der Waals surface area contributed by atoms with Gasteiger partial charge in [0.15, 0.2) is 5.15 Å². The molecule has 0 aliphatic heterocycles. The van der Waals surface area contributed by atoms with Crippen LogP contribution in [0.25, 0.3) is 0 Å². The van der Waals surface area contributed by atoms with Gasteiger partial charge in [-0.25, -0.2) is 13.4 Å². The highest BCUT2D eigenvalue weighted by atomic mass is 35.5. The van der Waals surface area contributed by atoms with Crippen LogP contribution >= 0.6 is 11.6 Å². The topological polar surface area (TPSA) is 122 Å². The number of aromatic nitrogens is 2. The number of aryl methyl sites for hydroxylation is 1. The van der Waals surface area contributed by atoms with Gasteiger partial charge in [0.1, 0.15) is 11.9 Å². The van der Waals surface area contributed by atoms with Crippen molar-refractivity contribution in [2.45, 2.75) is 56.7 Å². The first-order valence-corrected chi connectivity index (χ1v) is 12.8. The summed E-state index contributed by atoms with van der Waals surface area (Å²) < 4.78 is 29.8. The Hall–Kier alpha value is -2.72. The zero-order chi connectivity index (χ0) is 24.7. The summed E-state index contributed by atoms with van der Waals surface area (Å²) in [5, 5.41) is 19.5. The molecule has 3 aromatic rings. The fraction of sp³-hybridized carbons (Fsp3) is 0.333. The molecule has 0 saturated heterocycles. The third-order valence-corrected chi connectivity index (χ3v) is 7.25. The highest BCUT2D eigenvalue weighted by Gasteiger charge is 2.26. The van der Waals surface area contributed by atoms with Gasteiger partial charge in [-0.2, -0.15) is 4.72 Å². The molecule has 0 bridgehead atoms. The van der Waals surface area contributed by atoms with E-state index in [1.807, 2.05) is 4.57 Å². The Kier molecular flexibility index (Phi) is 8.84. The number of imidazole rings is 1. The molecule has 1 atom stereocenters. The molecule has 3 rings (SSSR count). The van der Waals surface area contributed by atoms with E-state index >= 15 is 0 Å². The van der Waals surface area contributed by atoms with Crippen LogP contribution in [0.4, 0.5) is 0 Å². The van der Waals surface area contributed by atoms with Crippen LogP contribution in [-0.2, 0) is 40.8 Å². The van der Waals surface area contributed by atoms with Crippen molar-refractivity contribution < 1.29 is 23.4 Å². The molecule has 10 heteroatoms. The summed E-state index contributed by atoms with van der Waals surface area (Å²) >= 11 is 6.18. The Labute approximate surface area is 204 Å². The van der Waals surface area contributed by atoms with Crippen molar-refractivity contribution in [3.8, 4) is 0 Å². The van der Waals surface area contributed by atoms with E-state index in [1.165, 1.54) is 12.1 Å². The van der Waals surface area contributed by atoms with Gasteiger partial charge in [-0.3, -0.25) is 4.79 Å². The molecule has 34 heavy (non-hydrogen) atoms. The SMILES string of the molecule is CCCCc1nc(Cl)c(CO)n1Cc1ccc(S(=O)(=O)N[C@@H](Cc2ccccc2)C(=O)O)cc1. The van der Waals surface area contributed by atoms with Crippen molar-refractivity contribution in [2.24, 2.45) is 0 Å². The zero-order valence-corrected chi connectivity index (χ0v) is 20.4. The lowest BCUT2D eigenvalue weighted by Gasteiger charge is -2.16. The number of aliphatic carboxylic acids is 1. The lowest BCUT2D eigenvalue weighted by Crippen LogP contribution is -2.42. The fourth-order valence-corrected chi connectivity index (χ4v) is 5.06. The number of carboxylic acid groups (broad SMARTS) is 1. The number of nitrogens with zero attached hydrogens (tertiary/aromatic N) is 2. The number of rotatable bonds is 12. The molecule has 0 fully saturated rings. The number of hydrogen-bond acceptors (Lipinski definition) is 5. The molecule has 0 amide bonds. The van der Waals surface area contributed by atoms with Crippen LogP contribution in [-0.4, -0.2) is 40.2 Å². The zero-order valence-electron chi connectivity index (χ0n) is 18.8. The molecule has 3 N–H and O–H groups in total. The maximum atomic E-state index is 12.8. The number of sulfonamides is 1. The van der Waals surface area contributed by atoms with E-state index in [9.17, 15) is 23.4 Å². The molecule has 8 nitrogen and oxygen atoms in total. The summed E-state index contributed by atoms with van der Waals surface area (Å²) in [6.45, 7) is 2.18. The van der Waals surface area contributed by atoms with Crippen LogP contribution in [0.15, 0.2) is 59.5 Å². The van der Waals surface area contributed by atoms with E-state index in [0.29, 0.717) is 24.2 Å². The average Bonchev–Trinajstić information content (AvgIpc) is 3.11. The Morgan fingerprint density at radius 3 is 2.38 bits per heavy atom. The fourth-order valence-electron chi connectivity index (χ4n) is 3.61. The highest BCUT2D eigenvalue weighted by molar-refractivity contribution is 7.89. The summed E-state index contributed by atoms with van der Waals surface area (Å²) in [6.07, 6.45) is 2.65. The number of carboxylic acids is 1. The first-order valence-electron chi connectivity index (χ1n) is 11.0. The van der Waals surface area contributed by atoms with Crippen molar-refractivity contribution in [1.29, 1.82) is 0 Å². The molecule has 0 saturated carbocycles. The Morgan fingerprint density at radius 2 is 1.79 bits per heavy atom. The van der Waals surface area contributed by atoms with E-state index in [0.717, 1.165) is 24.2 Å². The minimum atomic E-state index is -4.05. The van der Waals surface area contributed by atoms with Crippen LogP contribution in [0.2, 0.25) is 5.15 Å². The van der Waals surface area contributed by atoms with Crippen molar-refractivity contribution in [3.63, 3.8) is 0 Å². The van der Waals surface area contributed by atoms with Crippen LogP contribution in [0, 0.1) is 0 Å². The summed E-state index contributed by atoms with van der Waals surface area (Å²) in [4.78, 5) is 16.0. The van der Waals surface area contributed by atoms with Crippen LogP contribution in [0.3, 0.4) is 0 Å². The lowest BCUT2D eigenvalue weighted by atomic mass is 10.1. The lowest BCUT2D eigenvalue weighted by molar-refractivity contribution is -0.138. The quantitative estimate of drug-likeness (QED) is 0.347. The second-order valence-corrected chi connectivity index (χ2v) is 10.0. The number of benzene rings is 2. The smallest absolute Gasteiger partial charge is 0.322 e. The number of unbranched alkanes of at least 4 members (excludes halogenated alkanes) is 1. The normalized spacial score (nSPS) is 12.6. The molecule has 0 spiro atoms. The van der Waals surface area contributed by atoms with Crippen LogP contribution in [0.5, 0.6) is 0 Å². The minimum Gasteiger partial charge on any atom is -0.480 e. The molecule has 1 aromatic heterocycles. The summed E-state index contributed by atoms with van der Waals surface area (Å²) in [6, 6.07) is 13.7. The maximum absolute atomic E-state index is 12.8. The Balaban J connectivity index is 1.77. The van der Waals surface area contributed by atoms with Gasteiger partial charge in [0.05, 0.1) is 17.2 Å². The van der Waals surface area contributed by atoms with Gasteiger partial charge in [0.2, 0.25) is 10.0 Å². The number of halogens is 1. The van der Waals surface area contributed by atoms with E-state index in [2.05, 4.69) is 16.6 Å². The predicted octanol–water partition coefficient (Wildman–Crippen LogP) is 3.39. The molecule has 0 radical (unpaired) electrons. The van der Waals surface area contributed by atoms with E-state index in [-0.39, 0.29) is 23.1 Å². The summed E-state index contributed by atoms with van der Waals surface area (Å²) in [5.74, 6) is -0.489. The summed E-state index contributed by atoms with van der Waals surface area (Å²) in [7, 11) is -4.05. The van der Waals surface area contributed by atoms with Crippen molar-refractivity contribution in [3.05, 3.63) is 82.4 Å². The van der Waals surface area contributed by atoms with Crippen molar-refractivity contribution in [2.75, 3.05) is 0 Å². The highest BCUT2D eigenvalue weighted by Crippen LogP contribution is 2.21. The van der Waals surface area contributed by atoms with E-state index in [1.54, 1.807) is 42.5 Å².